The first kappa shape index (κ1) is 13.2. The summed E-state index contributed by atoms with van der Waals surface area (Å²) in [4.78, 5) is 4.99. The molecule has 0 aliphatic carbocycles. The van der Waals surface area contributed by atoms with Crippen LogP contribution in [0.15, 0.2) is 34.2 Å². The van der Waals surface area contributed by atoms with Crippen LogP contribution in [0.1, 0.15) is 11.3 Å². The molecule has 5 heteroatoms. The fourth-order valence-electron chi connectivity index (χ4n) is 1.60. The molecule has 94 valence electrons. The summed E-state index contributed by atoms with van der Waals surface area (Å²) in [6.07, 6.45) is 0. The smallest absolute Gasteiger partial charge is 0.143 e. The number of nitrogen functional groups attached to an aromatic ring is 1. The van der Waals surface area contributed by atoms with Crippen LogP contribution in [0.3, 0.4) is 0 Å². The van der Waals surface area contributed by atoms with E-state index in [1.807, 2.05) is 26.0 Å². The van der Waals surface area contributed by atoms with Crippen LogP contribution in [-0.4, -0.2) is 4.98 Å². The second-order valence-electron chi connectivity index (χ2n) is 4.03. The van der Waals surface area contributed by atoms with Crippen molar-refractivity contribution in [3.63, 3.8) is 0 Å². The van der Waals surface area contributed by atoms with Gasteiger partial charge in [-0.1, -0.05) is 23.4 Å². The van der Waals surface area contributed by atoms with Gasteiger partial charge in [0.2, 0.25) is 0 Å². The highest BCUT2D eigenvalue weighted by Gasteiger charge is 2.09. The third kappa shape index (κ3) is 2.94. The van der Waals surface area contributed by atoms with Crippen molar-refractivity contribution in [2.24, 2.45) is 0 Å². The van der Waals surface area contributed by atoms with Crippen molar-refractivity contribution in [3.05, 3.63) is 46.4 Å². The van der Waals surface area contributed by atoms with E-state index in [0.717, 1.165) is 16.3 Å². The zero-order valence-electron chi connectivity index (χ0n) is 10.00. The molecule has 0 amide bonds. The summed E-state index contributed by atoms with van der Waals surface area (Å²) < 4.78 is 13.4. The Labute approximate surface area is 114 Å². The van der Waals surface area contributed by atoms with Gasteiger partial charge in [-0.2, -0.15) is 0 Å². The molecule has 0 aliphatic rings. The zero-order chi connectivity index (χ0) is 13.3. The first-order chi connectivity index (χ1) is 8.45. The lowest BCUT2D eigenvalue weighted by atomic mass is 10.3. The Morgan fingerprint density at radius 3 is 2.61 bits per heavy atom. The highest BCUT2D eigenvalue weighted by molar-refractivity contribution is 7.99. The lowest BCUT2D eigenvalue weighted by Gasteiger charge is -2.07. The lowest BCUT2D eigenvalue weighted by Crippen LogP contribution is -1.92. The maximum Gasteiger partial charge on any atom is 0.143 e. The number of aromatic nitrogens is 1. The number of rotatable bonds is 2. The van der Waals surface area contributed by atoms with Gasteiger partial charge in [-0.3, -0.25) is 0 Å². The standard InChI is InChI=1S/C13H12ClFN2S/c1-7-3-8(2)17-13(4-7)18-12-6-10(15)9(14)5-11(12)16/h3-6H,16H2,1-2H3. The van der Waals surface area contributed by atoms with Gasteiger partial charge in [0.15, 0.2) is 0 Å². The Morgan fingerprint density at radius 1 is 1.22 bits per heavy atom. The van der Waals surface area contributed by atoms with Gasteiger partial charge in [0.1, 0.15) is 10.8 Å². The second kappa shape index (κ2) is 5.16. The molecule has 18 heavy (non-hydrogen) atoms. The molecule has 0 unspecified atom stereocenters. The summed E-state index contributed by atoms with van der Waals surface area (Å²) in [5.74, 6) is -0.474. The van der Waals surface area contributed by atoms with Crippen molar-refractivity contribution in [2.45, 2.75) is 23.8 Å². The van der Waals surface area contributed by atoms with E-state index in [0.29, 0.717) is 10.6 Å². The summed E-state index contributed by atoms with van der Waals surface area (Å²) in [6, 6.07) is 6.67. The topological polar surface area (TPSA) is 38.9 Å². The minimum Gasteiger partial charge on any atom is -0.398 e. The summed E-state index contributed by atoms with van der Waals surface area (Å²) >= 11 is 6.99. The Hall–Kier alpha value is -1.26. The van der Waals surface area contributed by atoms with Crippen LogP contribution in [0.2, 0.25) is 5.02 Å². The first-order valence-corrected chi connectivity index (χ1v) is 6.53. The van der Waals surface area contributed by atoms with Gasteiger partial charge >= 0.3 is 0 Å². The Balaban J connectivity index is 2.36. The molecule has 0 atom stereocenters. The Bertz CT molecular complexity index is 582. The zero-order valence-corrected chi connectivity index (χ0v) is 11.6. The van der Waals surface area contributed by atoms with Gasteiger partial charge in [0.05, 0.1) is 5.02 Å². The highest BCUT2D eigenvalue weighted by Crippen LogP contribution is 2.34. The van der Waals surface area contributed by atoms with Crippen LogP contribution in [0.25, 0.3) is 0 Å². The van der Waals surface area contributed by atoms with E-state index in [1.54, 1.807) is 0 Å². The molecule has 0 saturated carbocycles. The number of hydrogen-bond donors (Lipinski definition) is 1. The van der Waals surface area contributed by atoms with E-state index in [9.17, 15) is 4.39 Å². The number of anilines is 1. The van der Waals surface area contributed by atoms with Crippen molar-refractivity contribution in [1.82, 2.24) is 4.98 Å². The number of benzene rings is 1. The van der Waals surface area contributed by atoms with Crippen LogP contribution < -0.4 is 5.73 Å². The Kier molecular flexibility index (Phi) is 3.78. The molecule has 2 rings (SSSR count). The molecule has 0 saturated heterocycles. The second-order valence-corrected chi connectivity index (χ2v) is 5.50. The van der Waals surface area contributed by atoms with Crippen molar-refractivity contribution in [3.8, 4) is 0 Å². The van der Waals surface area contributed by atoms with E-state index in [1.165, 1.54) is 23.9 Å². The number of hydrogen-bond acceptors (Lipinski definition) is 3. The number of halogens is 2. The summed E-state index contributed by atoms with van der Waals surface area (Å²) in [5.41, 5.74) is 8.30. The van der Waals surface area contributed by atoms with Crippen LogP contribution >= 0.6 is 23.4 Å². The van der Waals surface area contributed by atoms with E-state index in [-0.39, 0.29) is 5.02 Å². The molecule has 2 N–H and O–H groups in total. The molecule has 1 aromatic heterocycles. The van der Waals surface area contributed by atoms with E-state index < -0.39 is 5.82 Å². The molecule has 2 aromatic rings. The van der Waals surface area contributed by atoms with Gasteiger partial charge in [0, 0.05) is 16.3 Å². The molecule has 1 heterocycles. The monoisotopic (exact) mass is 282 g/mol. The van der Waals surface area contributed by atoms with Gasteiger partial charge in [-0.15, -0.1) is 0 Å². The molecule has 0 aliphatic heterocycles. The number of nitrogens with two attached hydrogens (primary N) is 1. The SMILES string of the molecule is Cc1cc(C)nc(Sc2cc(F)c(Cl)cc2N)c1. The molecular formula is C13H12ClFN2S. The highest BCUT2D eigenvalue weighted by atomic mass is 35.5. The maximum absolute atomic E-state index is 13.4. The third-order valence-corrected chi connectivity index (χ3v) is 3.62. The van der Waals surface area contributed by atoms with Crippen LogP contribution in [0.5, 0.6) is 0 Å². The van der Waals surface area contributed by atoms with Crippen molar-refractivity contribution in [1.29, 1.82) is 0 Å². The quantitative estimate of drug-likeness (QED) is 0.838. The average Bonchev–Trinajstić information content (AvgIpc) is 2.24. The van der Waals surface area contributed by atoms with Crippen LogP contribution in [0, 0.1) is 19.7 Å². The number of pyridine rings is 1. The molecule has 0 bridgehead atoms. The van der Waals surface area contributed by atoms with Crippen LogP contribution in [-0.2, 0) is 0 Å². The molecular weight excluding hydrogens is 271 g/mol. The maximum atomic E-state index is 13.4. The fraction of sp³-hybridized carbons (Fsp3) is 0.154. The molecule has 0 fully saturated rings. The minimum atomic E-state index is -0.474. The predicted molar refractivity (Wildman–Crippen MR) is 73.7 cm³/mol. The molecule has 2 nitrogen and oxygen atoms in total. The third-order valence-electron chi connectivity index (χ3n) is 2.34. The van der Waals surface area contributed by atoms with E-state index in [4.69, 9.17) is 17.3 Å². The minimum absolute atomic E-state index is 0.0326. The summed E-state index contributed by atoms with van der Waals surface area (Å²) in [5, 5.41) is 0.825. The normalized spacial score (nSPS) is 10.7. The largest absolute Gasteiger partial charge is 0.398 e. The van der Waals surface area contributed by atoms with E-state index in [2.05, 4.69) is 4.98 Å². The van der Waals surface area contributed by atoms with Crippen molar-refractivity contribution >= 4 is 29.1 Å². The van der Waals surface area contributed by atoms with Crippen molar-refractivity contribution < 1.29 is 4.39 Å². The number of nitrogens with zero attached hydrogens (tertiary/aromatic N) is 1. The molecule has 1 aromatic carbocycles. The van der Waals surface area contributed by atoms with Gasteiger partial charge in [-0.05, 0) is 43.7 Å². The summed E-state index contributed by atoms with van der Waals surface area (Å²) in [6.45, 7) is 3.91. The Morgan fingerprint density at radius 2 is 1.94 bits per heavy atom. The fourth-order valence-corrected chi connectivity index (χ4v) is 2.77. The van der Waals surface area contributed by atoms with Gasteiger partial charge in [-0.25, -0.2) is 9.37 Å². The van der Waals surface area contributed by atoms with Gasteiger partial charge < -0.3 is 5.73 Å². The van der Waals surface area contributed by atoms with Crippen molar-refractivity contribution in [2.75, 3.05) is 5.73 Å². The van der Waals surface area contributed by atoms with Gasteiger partial charge in [0.25, 0.3) is 0 Å². The summed E-state index contributed by atoms with van der Waals surface area (Å²) in [7, 11) is 0. The average molecular weight is 283 g/mol. The van der Waals surface area contributed by atoms with Crippen LogP contribution in [0.4, 0.5) is 10.1 Å². The predicted octanol–water partition coefficient (Wildman–Crippen LogP) is 4.22. The number of aryl methyl sites for hydroxylation is 2. The first-order valence-electron chi connectivity index (χ1n) is 5.33. The molecule has 0 radical (unpaired) electrons. The molecule has 0 spiro atoms. The lowest BCUT2D eigenvalue weighted by molar-refractivity contribution is 0.625. The van der Waals surface area contributed by atoms with E-state index >= 15 is 0 Å².